The zero-order chi connectivity index (χ0) is 25.7. The van der Waals surface area contributed by atoms with Crippen LogP contribution in [0.2, 0.25) is 0 Å². The number of likely N-dealkylation sites (N-methyl/N-ethyl adjacent to an activating group) is 1. The Morgan fingerprint density at radius 2 is 2.08 bits per heavy atom. The summed E-state index contributed by atoms with van der Waals surface area (Å²) in [6, 6.07) is 4.27. The van der Waals surface area contributed by atoms with Crippen molar-refractivity contribution in [1.29, 1.82) is 0 Å². The predicted molar refractivity (Wildman–Crippen MR) is 131 cm³/mol. The van der Waals surface area contributed by atoms with Gasteiger partial charge in [0.25, 0.3) is 0 Å². The normalized spacial score (nSPS) is 19.9. The minimum Gasteiger partial charge on any atom is -0.490 e. The van der Waals surface area contributed by atoms with Crippen molar-refractivity contribution in [1.82, 2.24) is 25.2 Å². The van der Waals surface area contributed by atoms with Crippen molar-refractivity contribution in [3.63, 3.8) is 0 Å². The molecule has 1 aliphatic carbocycles. The average molecular weight is 502 g/mol. The summed E-state index contributed by atoms with van der Waals surface area (Å²) >= 11 is 0. The van der Waals surface area contributed by atoms with Gasteiger partial charge in [-0.05, 0) is 82.2 Å². The lowest BCUT2D eigenvalue weighted by Crippen LogP contribution is -2.51. The largest absolute Gasteiger partial charge is 0.490 e. The molecule has 2 heterocycles. The number of halogens is 1. The van der Waals surface area contributed by atoms with Gasteiger partial charge < -0.3 is 9.84 Å². The average Bonchev–Trinajstić information content (AvgIpc) is 3.59. The molecular weight excluding hydrogens is 465 g/mol. The molecule has 1 saturated heterocycles. The van der Waals surface area contributed by atoms with Gasteiger partial charge in [0, 0.05) is 6.42 Å². The quantitative estimate of drug-likeness (QED) is 0.321. The Balaban J connectivity index is 1.33. The number of hydrogen-bond donors (Lipinski definition) is 2. The van der Waals surface area contributed by atoms with Crippen LogP contribution in [0.5, 0.6) is 5.75 Å². The van der Waals surface area contributed by atoms with E-state index in [9.17, 15) is 19.1 Å². The summed E-state index contributed by atoms with van der Waals surface area (Å²) in [5.74, 6) is -0.191. The molecule has 2 amide bonds. The summed E-state index contributed by atoms with van der Waals surface area (Å²) in [7, 11) is 1.90. The molecule has 1 aliphatic heterocycles. The van der Waals surface area contributed by atoms with Crippen LogP contribution >= 0.6 is 0 Å². The second-order valence-electron chi connectivity index (χ2n) is 10.1. The standard InChI is InChI=1S/C26H36FN5O4/c1-3-26(35,19-9-10-21(27)23(14-19)36-16-18-7-8-18)17-32-20(15-28-30-32)6-4-5-13-31(2)22-11-12-24(33)29-25(22)34/h9-10,14-15,18,22,35H,3-8,11-13,16-17H2,1-2H3,(H,29,33,34)/t22?,26-/m1/s1. The SMILES string of the molecule is CC[C@@](O)(Cn1nncc1CCCCN(C)C1CCC(=O)NC1=O)c1ccc(F)c(OCC2CC2)c1. The molecule has 0 radical (unpaired) electrons. The number of hydrogen-bond acceptors (Lipinski definition) is 7. The molecule has 2 fully saturated rings. The van der Waals surface area contributed by atoms with E-state index in [0.29, 0.717) is 37.4 Å². The number of carbonyl (C=O) groups is 2. The number of unbranched alkanes of at least 4 members (excludes halogenated alkanes) is 1. The number of aryl methyl sites for hydroxylation is 1. The summed E-state index contributed by atoms with van der Waals surface area (Å²) < 4.78 is 21.7. The fraction of sp³-hybridized carbons (Fsp3) is 0.615. The summed E-state index contributed by atoms with van der Waals surface area (Å²) in [5.41, 5.74) is 0.238. The highest BCUT2D eigenvalue weighted by Crippen LogP contribution is 2.33. The van der Waals surface area contributed by atoms with E-state index in [2.05, 4.69) is 15.6 Å². The molecule has 9 nitrogen and oxygen atoms in total. The number of rotatable bonds is 13. The third-order valence-corrected chi connectivity index (χ3v) is 7.27. The highest BCUT2D eigenvalue weighted by Gasteiger charge is 2.31. The van der Waals surface area contributed by atoms with Crippen LogP contribution in [0.4, 0.5) is 4.39 Å². The van der Waals surface area contributed by atoms with Crippen molar-refractivity contribution in [2.75, 3.05) is 20.2 Å². The van der Waals surface area contributed by atoms with E-state index in [0.717, 1.165) is 44.3 Å². The molecule has 1 unspecified atom stereocenters. The molecule has 1 aromatic heterocycles. The minimum atomic E-state index is -1.25. The van der Waals surface area contributed by atoms with Crippen LogP contribution in [-0.2, 0) is 28.2 Å². The van der Waals surface area contributed by atoms with E-state index in [1.165, 1.54) is 6.07 Å². The Morgan fingerprint density at radius 1 is 1.28 bits per heavy atom. The number of aromatic nitrogens is 3. The summed E-state index contributed by atoms with van der Waals surface area (Å²) in [6.07, 6.45) is 7.69. The number of imide groups is 1. The Morgan fingerprint density at radius 3 is 2.81 bits per heavy atom. The van der Waals surface area contributed by atoms with Gasteiger partial charge in [0.15, 0.2) is 11.6 Å². The predicted octanol–water partition coefficient (Wildman–Crippen LogP) is 2.56. The number of piperidine rings is 1. The van der Waals surface area contributed by atoms with Crippen molar-refractivity contribution >= 4 is 11.8 Å². The van der Waals surface area contributed by atoms with Crippen molar-refractivity contribution in [2.45, 2.75) is 76.5 Å². The van der Waals surface area contributed by atoms with Crippen LogP contribution < -0.4 is 10.1 Å². The molecule has 36 heavy (non-hydrogen) atoms. The van der Waals surface area contributed by atoms with Crippen molar-refractivity contribution in [3.05, 3.63) is 41.5 Å². The molecular formula is C26H36FN5O4. The number of amides is 2. The molecule has 1 saturated carbocycles. The summed E-state index contributed by atoms with van der Waals surface area (Å²) in [5, 5.41) is 22.1. The molecule has 2 N–H and O–H groups in total. The van der Waals surface area contributed by atoms with E-state index in [1.54, 1.807) is 23.0 Å². The zero-order valence-corrected chi connectivity index (χ0v) is 21.1. The lowest BCUT2D eigenvalue weighted by molar-refractivity contribution is -0.137. The third kappa shape index (κ3) is 6.47. The van der Waals surface area contributed by atoms with Gasteiger partial charge in [-0.3, -0.25) is 19.8 Å². The minimum absolute atomic E-state index is 0.172. The highest BCUT2D eigenvalue weighted by atomic mass is 19.1. The van der Waals surface area contributed by atoms with E-state index in [1.807, 2.05) is 18.9 Å². The van der Waals surface area contributed by atoms with Gasteiger partial charge in [-0.2, -0.15) is 0 Å². The smallest absolute Gasteiger partial charge is 0.243 e. The first-order valence-electron chi connectivity index (χ1n) is 12.9. The van der Waals surface area contributed by atoms with Gasteiger partial charge in [-0.1, -0.05) is 18.2 Å². The molecule has 196 valence electrons. The van der Waals surface area contributed by atoms with Gasteiger partial charge in [-0.25, -0.2) is 9.07 Å². The zero-order valence-electron chi connectivity index (χ0n) is 21.1. The van der Waals surface area contributed by atoms with Gasteiger partial charge in [0.2, 0.25) is 11.8 Å². The Labute approximate surface area is 211 Å². The molecule has 1 aromatic carbocycles. The van der Waals surface area contributed by atoms with Crippen molar-refractivity contribution in [2.24, 2.45) is 5.92 Å². The summed E-state index contributed by atoms with van der Waals surface area (Å²) in [4.78, 5) is 25.4. The molecule has 4 rings (SSSR count). The number of nitrogens with zero attached hydrogens (tertiary/aromatic N) is 4. The first-order valence-corrected chi connectivity index (χ1v) is 12.9. The van der Waals surface area contributed by atoms with E-state index < -0.39 is 11.4 Å². The maximum atomic E-state index is 14.3. The summed E-state index contributed by atoms with van der Waals surface area (Å²) in [6.45, 7) is 3.31. The van der Waals surface area contributed by atoms with Crippen LogP contribution in [0.15, 0.2) is 24.4 Å². The molecule has 2 aromatic rings. The van der Waals surface area contributed by atoms with Crippen LogP contribution in [0.1, 0.15) is 63.1 Å². The molecule has 0 spiro atoms. The second kappa shape index (κ2) is 11.5. The van der Waals surface area contributed by atoms with Crippen LogP contribution in [-0.4, -0.2) is 63.1 Å². The highest BCUT2D eigenvalue weighted by molar-refractivity contribution is 6.00. The Kier molecular flexibility index (Phi) is 8.35. The monoisotopic (exact) mass is 501 g/mol. The first-order chi connectivity index (χ1) is 17.3. The van der Waals surface area contributed by atoms with Crippen molar-refractivity contribution < 1.29 is 23.8 Å². The first kappa shape index (κ1) is 26.2. The van der Waals surface area contributed by atoms with Crippen LogP contribution in [0, 0.1) is 11.7 Å². The fourth-order valence-electron chi connectivity index (χ4n) is 4.58. The molecule has 0 bridgehead atoms. The van der Waals surface area contributed by atoms with E-state index >= 15 is 0 Å². The van der Waals surface area contributed by atoms with Gasteiger partial charge in [-0.15, -0.1) is 5.10 Å². The number of aliphatic hydroxyl groups is 1. The maximum absolute atomic E-state index is 14.3. The van der Waals surface area contributed by atoms with Gasteiger partial charge in [0.05, 0.1) is 31.1 Å². The number of ether oxygens (including phenoxy) is 1. The lowest BCUT2D eigenvalue weighted by atomic mass is 9.90. The Bertz CT molecular complexity index is 1070. The maximum Gasteiger partial charge on any atom is 0.243 e. The molecule has 10 heteroatoms. The van der Waals surface area contributed by atoms with Crippen LogP contribution in [0.3, 0.4) is 0 Å². The Hall–Kier alpha value is -2.85. The van der Waals surface area contributed by atoms with E-state index in [-0.39, 0.29) is 30.2 Å². The van der Waals surface area contributed by atoms with E-state index in [4.69, 9.17) is 4.74 Å². The number of benzene rings is 1. The van der Waals surface area contributed by atoms with Crippen molar-refractivity contribution in [3.8, 4) is 5.75 Å². The van der Waals surface area contributed by atoms with Gasteiger partial charge >= 0.3 is 0 Å². The fourth-order valence-corrected chi connectivity index (χ4v) is 4.58. The van der Waals surface area contributed by atoms with Crippen LogP contribution in [0.25, 0.3) is 0 Å². The lowest BCUT2D eigenvalue weighted by Gasteiger charge is -2.29. The third-order valence-electron chi connectivity index (χ3n) is 7.27. The number of carbonyl (C=O) groups excluding carboxylic acids is 2. The topological polar surface area (TPSA) is 110 Å². The second-order valence-corrected chi connectivity index (χ2v) is 10.1. The molecule has 2 aliphatic rings. The van der Waals surface area contributed by atoms with Gasteiger partial charge in [0.1, 0.15) is 5.60 Å². The number of nitrogens with one attached hydrogen (secondary N) is 1. The molecule has 2 atom stereocenters.